The Morgan fingerprint density at radius 1 is 1.19 bits per heavy atom. The number of nitrogens with zero attached hydrogens (tertiary/aromatic N) is 4. The third-order valence-electron chi connectivity index (χ3n) is 5.37. The molecule has 140 valence electrons. The Balaban J connectivity index is 1.38. The molecule has 1 aliphatic rings. The van der Waals surface area contributed by atoms with Crippen molar-refractivity contribution < 1.29 is 4.79 Å². The topological polar surface area (TPSA) is 41.4 Å². The molecule has 0 unspecified atom stereocenters. The highest BCUT2D eigenvalue weighted by molar-refractivity contribution is 5.76. The van der Waals surface area contributed by atoms with E-state index in [1.165, 1.54) is 11.3 Å². The number of carbonyl (C=O) groups excluding carboxylic acids is 1. The van der Waals surface area contributed by atoms with E-state index < -0.39 is 0 Å². The summed E-state index contributed by atoms with van der Waals surface area (Å²) in [7, 11) is 4.08. The normalized spacial score (nSPS) is 15.2. The molecule has 3 rings (SSSR count). The molecule has 1 aromatic carbocycles. The van der Waals surface area contributed by atoms with Crippen molar-refractivity contribution in [1.82, 2.24) is 14.7 Å². The average molecular weight is 354 g/mol. The molecule has 0 bridgehead atoms. The van der Waals surface area contributed by atoms with Gasteiger partial charge in [0.05, 0.1) is 0 Å². The van der Waals surface area contributed by atoms with Gasteiger partial charge in [-0.05, 0) is 55.4 Å². The van der Waals surface area contributed by atoms with Crippen molar-refractivity contribution in [3.8, 4) is 0 Å². The van der Waals surface area contributed by atoms with E-state index in [9.17, 15) is 4.79 Å². The fourth-order valence-electron chi connectivity index (χ4n) is 3.59. The van der Waals surface area contributed by atoms with E-state index in [0.717, 1.165) is 45.3 Å². The van der Waals surface area contributed by atoms with Crippen LogP contribution in [0, 0.1) is 5.92 Å². The van der Waals surface area contributed by atoms with Crippen LogP contribution in [0.2, 0.25) is 0 Å². The molecule has 1 amide bonds. The number of aromatic nitrogens is 2. The van der Waals surface area contributed by atoms with Crippen molar-refractivity contribution >= 4 is 11.6 Å². The Morgan fingerprint density at radius 3 is 2.54 bits per heavy atom. The fraction of sp³-hybridized carbons (Fsp3) is 0.524. The molecule has 0 radical (unpaired) electrons. The molecule has 2 aromatic rings. The van der Waals surface area contributed by atoms with Gasteiger partial charge in [0.25, 0.3) is 0 Å². The highest BCUT2D eigenvalue weighted by atomic mass is 16.2. The molecule has 1 aromatic heterocycles. The molecule has 1 saturated heterocycles. The van der Waals surface area contributed by atoms with Crippen LogP contribution in [0.4, 0.5) is 5.69 Å². The number of amides is 1. The predicted octanol–water partition coefficient (Wildman–Crippen LogP) is 3.21. The Kier molecular flexibility index (Phi) is 6.31. The van der Waals surface area contributed by atoms with Crippen LogP contribution in [0.25, 0.3) is 0 Å². The Hall–Kier alpha value is -2.30. The third-order valence-corrected chi connectivity index (χ3v) is 5.37. The summed E-state index contributed by atoms with van der Waals surface area (Å²) < 4.78 is 2.00. The summed E-state index contributed by atoms with van der Waals surface area (Å²) in [4.78, 5) is 16.6. The van der Waals surface area contributed by atoms with Gasteiger partial charge in [-0.25, -0.2) is 0 Å². The van der Waals surface area contributed by atoms with Crippen LogP contribution < -0.4 is 4.90 Å². The zero-order valence-corrected chi connectivity index (χ0v) is 16.0. The predicted molar refractivity (Wildman–Crippen MR) is 105 cm³/mol. The number of hydrogen-bond acceptors (Lipinski definition) is 3. The van der Waals surface area contributed by atoms with E-state index in [2.05, 4.69) is 39.2 Å². The number of piperidine rings is 1. The summed E-state index contributed by atoms with van der Waals surface area (Å²) >= 11 is 0. The number of benzene rings is 1. The summed E-state index contributed by atoms with van der Waals surface area (Å²) in [6, 6.07) is 10.5. The quantitative estimate of drug-likeness (QED) is 0.767. The van der Waals surface area contributed by atoms with Gasteiger partial charge in [0.2, 0.25) is 5.91 Å². The van der Waals surface area contributed by atoms with Gasteiger partial charge in [-0.2, -0.15) is 5.10 Å². The molecule has 0 saturated carbocycles. The molecule has 5 heteroatoms. The van der Waals surface area contributed by atoms with E-state index in [1.807, 2.05) is 37.2 Å². The van der Waals surface area contributed by atoms with E-state index in [0.29, 0.717) is 18.2 Å². The van der Waals surface area contributed by atoms with Crippen molar-refractivity contribution in [1.29, 1.82) is 0 Å². The maximum Gasteiger partial charge on any atom is 0.222 e. The minimum atomic E-state index is 0.298. The molecule has 1 aliphatic heterocycles. The highest BCUT2D eigenvalue weighted by Gasteiger charge is 2.22. The van der Waals surface area contributed by atoms with Crippen molar-refractivity contribution in [2.75, 3.05) is 32.1 Å². The number of hydrogen-bond donors (Lipinski definition) is 0. The van der Waals surface area contributed by atoms with Gasteiger partial charge < -0.3 is 9.80 Å². The van der Waals surface area contributed by atoms with Crippen molar-refractivity contribution in [2.24, 2.45) is 5.92 Å². The molecule has 1 fully saturated rings. The lowest BCUT2D eigenvalue weighted by Crippen LogP contribution is -2.38. The van der Waals surface area contributed by atoms with Crippen LogP contribution in [0.15, 0.2) is 42.7 Å². The number of carbonyl (C=O) groups is 1. The molecule has 0 N–H and O–H groups in total. The van der Waals surface area contributed by atoms with E-state index in [1.54, 1.807) is 0 Å². The van der Waals surface area contributed by atoms with Gasteiger partial charge in [0.1, 0.15) is 0 Å². The molecular weight excluding hydrogens is 324 g/mol. The van der Waals surface area contributed by atoms with Gasteiger partial charge >= 0.3 is 0 Å². The van der Waals surface area contributed by atoms with E-state index >= 15 is 0 Å². The zero-order chi connectivity index (χ0) is 18.4. The molecule has 0 spiro atoms. The number of aryl methyl sites for hydroxylation is 2. The average Bonchev–Trinajstić information content (AvgIpc) is 3.19. The third kappa shape index (κ3) is 5.10. The van der Waals surface area contributed by atoms with E-state index in [4.69, 9.17) is 0 Å². The number of anilines is 1. The zero-order valence-electron chi connectivity index (χ0n) is 16.0. The van der Waals surface area contributed by atoms with Crippen molar-refractivity contribution in [3.05, 3.63) is 48.3 Å². The smallest absolute Gasteiger partial charge is 0.222 e. The van der Waals surface area contributed by atoms with Crippen LogP contribution in [0.5, 0.6) is 0 Å². The first-order valence-electron chi connectivity index (χ1n) is 9.63. The lowest BCUT2D eigenvalue weighted by molar-refractivity contribution is -0.132. The summed E-state index contributed by atoms with van der Waals surface area (Å²) in [5.41, 5.74) is 2.43. The second kappa shape index (κ2) is 8.88. The summed E-state index contributed by atoms with van der Waals surface area (Å²) in [6.45, 7) is 2.79. The maximum absolute atomic E-state index is 12.5. The first-order chi connectivity index (χ1) is 12.6. The lowest BCUT2D eigenvalue weighted by Gasteiger charge is -2.32. The lowest BCUT2D eigenvalue weighted by atomic mass is 9.93. The van der Waals surface area contributed by atoms with Gasteiger partial charge in [0, 0.05) is 58.2 Å². The molecular formula is C21H30N4O. The number of likely N-dealkylation sites (tertiary alicyclic amines) is 1. The first-order valence-corrected chi connectivity index (χ1v) is 9.63. The molecule has 26 heavy (non-hydrogen) atoms. The van der Waals surface area contributed by atoms with E-state index in [-0.39, 0.29) is 0 Å². The van der Waals surface area contributed by atoms with Gasteiger partial charge in [-0.3, -0.25) is 9.48 Å². The standard InChI is InChI=1S/C21H30N4O/c1-23(2)20-7-4-18(5-8-20)6-9-21(26)24-15-10-19(11-16-24)12-17-25-14-3-13-22-25/h3-5,7-8,13-14,19H,6,9-12,15-17H2,1-2H3. The molecule has 0 aliphatic carbocycles. The largest absolute Gasteiger partial charge is 0.378 e. The second-order valence-corrected chi connectivity index (χ2v) is 7.44. The monoisotopic (exact) mass is 354 g/mol. The highest BCUT2D eigenvalue weighted by Crippen LogP contribution is 2.22. The fourth-order valence-corrected chi connectivity index (χ4v) is 3.59. The Bertz CT molecular complexity index is 671. The van der Waals surface area contributed by atoms with Crippen molar-refractivity contribution in [2.45, 2.75) is 38.6 Å². The van der Waals surface area contributed by atoms with Crippen LogP contribution in [0.3, 0.4) is 0 Å². The van der Waals surface area contributed by atoms with Gasteiger partial charge in [-0.1, -0.05) is 12.1 Å². The summed E-state index contributed by atoms with van der Waals surface area (Å²) in [5.74, 6) is 1.01. The van der Waals surface area contributed by atoms with Crippen LogP contribution in [0.1, 0.15) is 31.2 Å². The molecule has 5 nitrogen and oxygen atoms in total. The van der Waals surface area contributed by atoms with Crippen molar-refractivity contribution in [3.63, 3.8) is 0 Å². The Labute approximate surface area is 156 Å². The molecule has 2 heterocycles. The number of rotatable bonds is 7. The minimum absolute atomic E-state index is 0.298. The van der Waals surface area contributed by atoms with Crippen LogP contribution in [-0.4, -0.2) is 47.8 Å². The van der Waals surface area contributed by atoms with Gasteiger partial charge in [0.15, 0.2) is 0 Å². The summed E-state index contributed by atoms with van der Waals surface area (Å²) in [6.07, 6.45) is 8.67. The summed E-state index contributed by atoms with van der Waals surface area (Å²) in [5, 5.41) is 4.26. The maximum atomic E-state index is 12.5. The van der Waals surface area contributed by atoms with Gasteiger partial charge in [-0.15, -0.1) is 0 Å². The minimum Gasteiger partial charge on any atom is -0.378 e. The second-order valence-electron chi connectivity index (χ2n) is 7.44. The first kappa shape index (κ1) is 18.5. The Morgan fingerprint density at radius 2 is 1.92 bits per heavy atom. The van der Waals surface area contributed by atoms with Crippen LogP contribution >= 0.6 is 0 Å². The van der Waals surface area contributed by atoms with Crippen LogP contribution in [-0.2, 0) is 17.8 Å². The molecule has 0 atom stereocenters. The SMILES string of the molecule is CN(C)c1ccc(CCC(=O)N2CCC(CCn3cccn3)CC2)cc1.